The predicted octanol–water partition coefficient (Wildman–Crippen LogP) is 3.63. The summed E-state index contributed by atoms with van der Waals surface area (Å²) in [4.78, 5) is 23.0. The molecule has 0 aliphatic heterocycles. The summed E-state index contributed by atoms with van der Waals surface area (Å²) < 4.78 is 0. The van der Waals surface area contributed by atoms with E-state index in [4.69, 9.17) is 5.73 Å². The molecule has 1 saturated carbocycles. The fourth-order valence-corrected chi connectivity index (χ4v) is 3.73. The molecule has 4 nitrogen and oxygen atoms in total. The van der Waals surface area contributed by atoms with Crippen molar-refractivity contribution in [1.82, 2.24) is 5.32 Å². The van der Waals surface area contributed by atoms with Crippen molar-refractivity contribution in [3.8, 4) is 0 Å². The third-order valence-electron chi connectivity index (χ3n) is 4.44. The van der Waals surface area contributed by atoms with E-state index in [0.29, 0.717) is 12.2 Å². The second-order valence-corrected chi connectivity index (χ2v) is 7.18. The van der Waals surface area contributed by atoms with Gasteiger partial charge in [-0.15, -0.1) is 0 Å². The van der Waals surface area contributed by atoms with Crippen molar-refractivity contribution in [1.29, 1.82) is 0 Å². The normalized spacial score (nSPS) is 15.3. The van der Waals surface area contributed by atoms with Crippen LogP contribution >= 0.6 is 11.8 Å². The molecule has 0 atom stereocenters. The van der Waals surface area contributed by atoms with Crippen molar-refractivity contribution in [2.45, 2.75) is 50.7 Å². The number of hydrogen-bond donors (Lipinski definition) is 2. The molecule has 1 aromatic carbocycles. The van der Waals surface area contributed by atoms with Crippen LogP contribution in [0.25, 0.3) is 0 Å². The molecule has 0 spiro atoms. The Morgan fingerprint density at radius 2 is 1.83 bits per heavy atom. The molecule has 2 rings (SSSR count). The maximum absolute atomic E-state index is 12.1. The fraction of sp³-hybridized carbons (Fsp3) is 0.556. The highest BCUT2D eigenvalue weighted by Crippen LogP contribution is 2.25. The molecule has 3 N–H and O–H groups in total. The first-order valence-corrected chi connectivity index (χ1v) is 9.39. The summed E-state index contributed by atoms with van der Waals surface area (Å²) in [6, 6.07) is 7.72. The first-order chi connectivity index (χ1) is 11.1. The Kier molecular flexibility index (Phi) is 7.46. The van der Waals surface area contributed by atoms with Crippen LogP contribution in [0.5, 0.6) is 0 Å². The fourth-order valence-electron chi connectivity index (χ4n) is 3.15. The maximum Gasteiger partial charge on any atom is 0.276 e. The van der Waals surface area contributed by atoms with Crippen molar-refractivity contribution in [3.63, 3.8) is 0 Å². The van der Waals surface area contributed by atoms with E-state index in [1.807, 2.05) is 24.3 Å². The van der Waals surface area contributed by atoms with Crippen LogP contribution in [0, 0.1) is 5.92 Å². The maximum atomic E-state index is 12.1. The molecule has 1 aliphatic carbocycles. The summed E-state index contributed by atoms with van der Waals surface area (Å²) >= 11 is 1.07. The van der Waals surface area contributed by atoms with Crippen molar-refractivity contribution >= 4 is 22.9 Å². The summed E-state index contributed by atoms with van der Waals surface area (Å²) in [6.07, 6.45) is 8.10. The highest BCUT2D eigenvalue weighted by atomic mass is 32.2. The van der Waals surface area contributed by atoms with E-state index in [9.17, 15) is 9.59 Å². The van der Waals surface area contributed by atoms with Gasteiger partial charge in [0.2, 0.25) is 5.91 Å². The largest absolute Gasteiger partial charge is 0.361 e. The van der Waals surface area contributed by atoms with Gasteiger partial charge in [0.15, 0.2) is 0 Å². The van der Waals surface area contributed by atoms with Crippen LogP contribution in [0.15, 0.2) is 24.3 Å². The number of carbonyl (C=O) groups excluding carboxylic acids is 2. The molecular weight excluding hydrogens is 308 g/mol. The lowest BCUT2D eigenvalue weighted by Gasteiger charge is -2.21. The highest BCUT2D eigenvalue weighted by Gasteiger charge is 2.14. The summed E-state index contributed by atoms with van der Waals surface area (Å²) in [6.45, 7) is 0.766. The van der Waals surface area contributed by atoms with Gasteiger partial charge in [0.05, 0.1) is 6.42 Å². The minimum atomic E-state index is -0.392. The van der Waals surface area contributed by atoms with Crippen LogP contribution in [0.1, 0.15) is 49.7 Å². The molecule has 0 radical (unpaired) electrons. The van der Waals surface area contributed by atoms with E-state index >= 15 is 0 Å². The molecule has 1 aromatic rings. The van der Waals surface area contributed by atoms with Crippen LogP contribution in [0.3, 0.4) is 0 Å². The summed E-state index contributed by atoms with van der Waals surface area (Å²) in [5.41, 5.74) is 7.14. The van der Waals surface area contributed by atoms with E-state index in [2.05, 4.69) is 5.32 Å². The molecule has 0 bridgehead atoms. The molecule has 23 heavy (non-hydrogen) atoms. The molecule has 126 valence electrons. The SMILES string of the molecule is NC(=O)SCc1ccccc1CC(=O)NCCC1CCCCC1. The number of primary amides is 1. The Labute approximate surface area is 142 Å². The molecule has 0 saturated heterocycles. The Hall–Kier alpha value is -1.49. The second-order valence-electron chi connectivity index (χ2n) is 6.20. The lowest BCUT2D eigenvalue weighted by atomic mass is 9.87. The molecule has 1 fully saturated rings. The Bertz CT molecular complexity index is 528. The molecule has 0 unspecified atom stereocenters. The first-order valence-electron chi connectivity index (χ1n) is 8.41. The average Bonchev–Trinajstić information content (AvgIpc) is 2.55. The lowest BCUT2D eigenvalue weighted by Crippen LogP contribution is -2.28. The zero-order chi connectivity index (χ0) is 16.5. The predicted molar refractivity (Wildman–Crippen MR) is 95.2 cm³/mol. The number of carbonyl (C=O) groups is 2. The van der Waals surface area contributed by atoms with Gasteiger partial charge in [0, 0.05) is 12.3 Å². The summed E-state index contributed by atoms with van der Waals surface area (Å²) in [7, 11) is 0. The number of hydrogen-bond acceptors (Lipinski definition) is 3. The van der Waals surface area contributed by atoms with Crippen molar-refractivity contribution in [3.05, 3.63) is 35.4 Å². The van der Waals surface area contributed by atoms with Gasteiger partial charge in [-0.2, -0.15) is 0 Å². The van der Waals surface area contributed by atoms with Crippen LogP contribution < -0.4 is 11.1 Å². The van der Waals surface area contributed by atoms with E-state index in [-0.39, 0.29) is 5.91 Å². The third kappa shape index (κ3) is 6.65. The zero-order valence-corrected chi connectivity index (χ0v) is 14.4. The van der Waals surface area contributed by atoms with Crippen molar-refractivity contribution in [2.75, 3.05) is 6.54 Å². The zero-order valence-electron chi connectivity index (χ0n) is 13.6. The monoisotopic (exact) mass is 334 g/mol. The van der Waals surface area contributed by atoms with E-state index < -0.39 is 5.24 Å². The van der Waals surface area contributed by atoms with E-state index in [1.54, 1.807) is 0 Å². The quantitative estimate of drug-likeness (QED) is 0.800. The van der Waals surface area contributed by atoms with E-state index in [1.165, 1.54) is 32.1 Å². The Balaban J connectivity index is 1.76. The van der Waals surface area contributed by atoms with Gasteiger partial charge in [0.1, 0.15) is 0 Å². The van der Waals surface area contributed by atoms with Gasteiger partial charge < -0.3 is 11.1 Å². The van der Waals surface area contributed by atoms with Gasteiger partial charge in [-0.05, 0) is 23.5 Å². The topological polar surface area (TPSA) is 72.2 Å². The highest BCUT2D eigenvalue weighted by molar-refractivity contribution is 8.12. The minimum Gasteiger partial charge on any atom is -0.361 e. The van der Waals surface area contributed by atoms with Gasteiger partial charge in [-0.25, -0.2) is 0 Å². The molecule has 5 heteroatoms. The number of nitrogens with one attached hydrogen (secondary N) is 1. The van der Waals surface area contributed by atoms with Crippen LogP contribution in [-0.2, 0) is 17.0 Å². The Morgan fingerprint density at radius 1 is 1.13 bits per heavy atom. The Morgan fingerprint density at radius 3 is 2.52 bits per heavy atom. The van der Waals surface area contributed by atoms with Gasteiger partial charge >= 0.3 is 0 Å². The molecule has 0 aromatic heterocycles. The number of thioether (sulfide) groups is 1. The van der Waals surface area contributed by atoms with Gasteiger partial charge in [-0.3, -0.25) is 9.59 Å². The van der Waals surface area contributed by atoms with Crippen molar-refractivity contribution in [2.24, 2.45) is 11.7 Å². The lowest BCUT2D eigenvalue weighted by molar-refractivity contribution is -0.120. The average molecular weight is 334 g/mol. The molecule has 0 heterocycles. The first kappa shape index (κ1) is 17.9. The second kappa shape index (κ2) is 9.60. The number of benzene rings is 1. The van der Waals surface area contributed by atoms with Crippen LogP contribution in [-0.4, -0.2) is 17.7 Å². The number of amides is 2. The molecule has 1 aliphatic rings. The standard InChI is InChI=1S/C18H26N2O2S/c19-18(22)23-13-16-9-5-4-8-15(16)12-17(21)20-11-10-14-6-2-1-3-7-14/h4-5,8-9,14H,1-3,6-7,10-13H2,(H2,19,22)(H,20,21). The van der Waals surface area contributed by atoms with Crippen LogP contribution in [0.2, 0.25) is 0 Å². The molecular formula is C18H26N2O2S. The van der Waals surface area contributed by atoms with Crippen LogP contribution in [0.4, 0.5) is 4.79 Å². The van der Waals surface area contributed by atoms with Crippen molar-refractivity contribution < 1.29 is 9.59 Å². The van der Waals surface area contributed by atoms with E-state index in [0.717, 1.165) is 41.8 Å². The van der Waals surface area contributed by atoms with Gasteiger partial charge in [-0.1, -0.05) is 68.1 Å². The smallest absolute Gasteiger partial charge is 0.276 e. The minimum absolute atomic E-state index is 0.0531. The number of rotatable bonds is 7. The molecule has 2 amide bonds. The number of nitrogens with two attached hydrogens (primary N) is 1. The summed E-state index contributed by atoms with van der Waals surface area (Å²) in [5, 5.41) is 2.64. The third-order valence-corrected chi connectivity index (χ3v) is 5.18. The summed E-state index contributed by atoms with van der Waals surface area (Å²) in [5.74, 6) is 1.35. The van der Waals surface area contributed by atoms with Gasteiger partial charge in [0.25, 0.3) is 5.24 Å².